The molecule has 0 aromatic carbocycles. The molecular weight excluding hydrogens is 924 g/mol. The first kappa shape index (κ1) is 64.9. The van der Waals surface area contributed by atoms with Gasteiger partial charge >= 0.3 is 0 Å². The minimum atomic E-state index is -1.88. The molecule has 0 unspecified atom stereocenters. The normalized spacial score (nSPS) is 15.6. The van der Waals surface area contributed by atoms with Crippen molar-refractivity contribution >= 4 is 5.78 Å². The molecule has 1 rings (SSSR count). The van der Waals surface area contributed by atoms with E-state index in [1.807, 2.05) is 0 Å². The largest absolute Gasteiger partial charge is 0.394 e. The number of carbonyl (C=O) groups excluding carboxylic acids is 1. The number of ketones is 1. The van der Waals surface area contributed by atoms with Crippen LogP contribution < -0.4 is 0 Å². The van der Waals surface area contributed by atoms with E-state index in [4.69, 9.17) is 62.3 Å². The van der Waals surface area contributed by atoms with E-state index >= 15 is 0 Å². The van der Waals surface area contributed by atoms with Gasteiger partial charge in [-0.3, -0.25) is 9.69 Å². The van der Waals surface area contributed by atoms with Crippen LogP contribution in [0.2, 0.25) is 0 Å². The number of hydrogen-bond donors (Lipinski definition) is 10. The van der Waals surface area contributed by atoms with Crippen molar-refractivity contribution in [3.63, 3.8) is 0 Å². The Bertz CT molecular complexity index is 1270. The molecule has 0 fully saturated rings. The van der Waals surface area contributed by atoms with E-state index in [0.717, 1.165) is 19.3 Å². The quantitative estimate of drug-likeness (QED) is 0.0273. The molecule has 10 N–H and O–H groups in total. The van der Waals surface area contributed by atoms with Crippen molar-refractivity contribution in [2.45, 2.75) is 88.2 Å². The van der Waals surface area contributed by atoms with Gasteiger partial charge in [-0.2, -0.15) is 0 Å². The zero-order valence-corrected chi connectivity index (χ0v) is 40.3. The number of aliphatic hydroxyl groups excluding tert-OH is 10. The minimum absolute atomic E-state index is 0.00766. The van der Waals surface area contributed by atoms with Gasteiger partial charge < -0.3 is 103 Å². The lowest BCUT2D eigenvalue weighted by Gasteiger charge is -2.33. The maximum Gasteiger partial charge on any atom is 0.151 e. The smallest absolute Gasteiger partial charge is 0.151 e. The highest BCUT2D eigenvalue weighted by Crippen LogP contribution is 2.11. The summed E-state index contributed by atoms with van der Waals surface area (Å²) in [6.45, 7) is 8.27. The van der Waals surface area contributed by atoms with Crippen LogP contribution in [-0.2, 0) is 70.1 Å². The zero-order valence-electron chi connectivity index (χ0n) is 40.3. The Morgan fingerprint density at radius 3 is 1.14 bits per heavy atom. The molecular formula is C43H84N4O22. The molecule has 1 aromatic heterocycles. The molecule has 1 aromatic rings. The summed E-state index contributed by atoms with van der Waals surface area (Å²) < 4.78 is 62.2. The highest BCUT2D eigenvalue weighted by Gasteiger charge is 2.34. The van der Waals surface area contributed by atoms with E-state index in [0.29, 0.717) is 131 Å². The molecule has 26 nitrogen and oxygen atoms in total. The third kappa shape index (κ3) is 35.7. The van der Waals surface area contributed by atoms with Crippen LogP contribution in [0.4, 0.5) is 0 Å². The third-order valence-electron chi connectivity index (χ3n) is 9.74. The van der Waals surface area contributed by atoms with Gasteiger partial charge in [-0.05, 0) is 26.2 Å². The van der Waals surface area contributed by atoms with Crippen molar-refractivity contribution in [2.75, 3.05) is 172 Å². The summed E-state index contributed by atoms with van der Waals surface area (Å²) in [5.41, 5.74) is 0.659. The second kappa shape index (κ2) is 44.6. The lowest BCUT2D eigenvalue weighted by atomic mass is 10.0. The number of unbranched alkanes of at least 4 members (excludes halogenated alkanes) is 2. The Kier molecular flexibility index (Phi) is 42.0. The van der Waals surface area contributed by atoms with Crippen molar-refractivity contribution in [1.29, 1.82) is 0 Å². The van der Waals surface area contributed by atoms with Gasteiger partial charge in [-0.25, -0.2) is 4.68 Å². The number of carbonyl (C=O) groups is 1. The van der Waals surface area contributed by atoms with Crippen LogP contribution in [0, 0.1) is 0 Å². The van der Waals surface area contributed by atoms with Crippen LogP contribution in [0.5, 0.6) is 0 Å². The molecule has 0 saturated carbocycles. The van der Waals surface area contributed by atoms with Gasteiger partial charge in [0.25, 0.3) is 0 Å². The van der Waals surface area contributed by atoms with Crippen LogP contribution >= 0.6 is 0 Å². The summed E-state index contributed by atoms with van der Waals surface area (Å²) in [5, 5.41) is 106. The highest BCUT2D eigenvalue weighted by atomic mass is 16.6. The van der Waals surface area contributed by atoms with E-state index in [1.165, 1.54) is 16.5 Å². The lowest BCUT2D eigenvalue weighted by Crippen LogP contribution is -2.53. The molecule has 26 heteroatoms. The molecule has 0 spiro atoms. The number of rotatable bonds is 52. The standard InChI is InChI=1S/C43H84N4O22/c1-34(50)27-47-28-35(44-45-47)33-69-26-25-68-24-23-67-19-16-63-13-10-60-7-4-2-3-6-59-9-12-62-15-18-65-21-22-66-20-17-64-14-11-61-8-5-46(29-36(51)40(55)42(57)38(53)31-48)30-37(52)41(56)43(58)39(54)32-49/h28,36-43,48-49,51-58H,2-27,29-33H2,1H3/t36-,37-,38+,39+,40+,41+,42+,43+/m0/s1. The van der Waals surface area contributed by atoms with Gasteiger partial charge in [0.2, 0.25) is 0 Å². The van der Waals surface area contributed by atoms with Gasteiger partial charge in [0, 0.05) is 32.8 Å². The highest BCUT2D eigenvalue weighted by molar-refractivity contribution is 5.75. The average molecular weight is 1010 g/mol. The van der Waals surface area contributed by atoms with Crippen LogP contribution in [0.15, 0.2) is 6.20 Å². The lowest BCUT2D eigenvalue weighted by molar-refractivity contribution is -0.131. The molecule has 0 aliphatic carbocycles. The Labute approximate surface area is 404 Å². The van der Waals surface area contributed by atoms with E-state index in [-0.39, 0.29) is 51.8 Å². The van der Waals surface area contributed by atoms with Crippen molar-refractivity contribution in [1.82, 2.24) is 19.9 Å². The number of Topliss-reactive ketones (excluding diaryl/α,β-unsaturated/α-hetero) is 1. The summed E-state index contributed by atoms with van der Waals surface area (Å²) in [6, 6.07) is 0. The average Bonchev–Trinajstić information content (AvgIpc) is 3.79. The van der Waals surface area contributed by atoms with E-state index in [9.17, 15) is 45.6 Å². The summed E-state index contributed by atoms with van der Waals surface area (Å²) in [5.74, 6) is 0.00766. The maximum absolute atomic E-state index is 11.1. The van der Waals surface area contributed by atoms with E-state index in [2.05, 4.69) is 10.3 Å². The predicted molar refractivity (Wildman–Crippen MR) is 241 cm³/mol. The van der Waals surface area contributed by atoms with Crippen LogP contribution in [-0.4, -0.2) is 297 Å². The Morgan fingerprint density at radius 2 is 0.797 bits per heavy atom. The molecule has 0 radical (unpaired) electrons. The van der Waals surface area contributed by atoms with Crippen molar-refractivity contribution in [3.05, 3.63) is 11.9 Å². The van der Waals surface area contributed by atoms with Gasteiger partial charge in [0.1, 0.15) is 48.9 Å². The molecule has 8 atom stereocenters. The number of aromatic nitrogens is 3. The van der Waals surface area contributed by atoms with Crippen molar-refractivity contribution in [2.24, 2.45) is 0 Å². The molecule has 0 saturated heterocycles. The fourth-order valence-corrected chi connectivity index (χ4v) is 5.88. The molecule has 0 bridgehead atoms. The summed E-state index contributed by atoms with van der Waals surface area (Å²) in [4.78, 5) is 12.5. The number of ether oxygens (including phenoxy) is 11. The first-order valence-electron chi connectivity index (χ1n) is 23.5. The Balaban J connectivity index is 1.87. The third-order valence-corrected chi connectivity index (χ3v) is 9.74. The Hall–Kier alpha value is -2.07. The number of hydrogen-bond acceptors (Lipinski definition) is 25. The van der Waals surface area contributed by atoms with Crippen LogP contribution in [0.25, 0.3) is 0 Å². The van der Waals surface area contributed by atoms with Crippen LogP contribution in [0.3, 0.4) is 0 Å². The zero-order chi connectivity index (χ0) is 50.7. The molecule has 0 aliphatic rings. The van der Waals surface area contributed by atoms with E-state index in [1.54, 1.807) is 6.20 Å². The van der Waals surface area contributed by atoms with Crippen molar-refractivity contribution in [3.8, 4) is 0 Å². The second-order valence-corrected chi connectivity index (χ2v) is 15.7. The topological polar surface area (TPSA) is 355 Å². The maximum atomic E-state index is 11.1. The second-order valence-electron chi connectivity index (χ2n) is 15.7. The molecule has 408 valence electrons. The van der Waals surface area contributed by atoms with Gasteiger partial charge in [-0.15, -0.1) is 5.10 Å². The molecule has 0 amide bonds. The van der Waals surface area contributed by atoms with Crippen LogP contribution in [0.1, 0.15) is 31.9 Å². The predicted octanol–water partition coefficient (Wildman–Crippen LogP) is -5.11. The summed E-state index contributed by atoms with van der Waals surface area (Å²) >= 11 is 0. The molecule has 69 heavy (non-hydrogen) atoms. The van der Waals surface area contributed by atoms with Gasteiger partial charge in [0.05, 0.1) is 164 Å². The minimum Gasteiger partial charge on any atom is -0.394 e. The summed E-state index contributed by atoms with van der Waals surface area (Å²) in [7, 11) is 0. The fourth-order valence-electron chi connectivity index (χ4n) is 5.88. The van der Waals surface area contributed by atoms with Gasteiger partial charge in [0.15, 0.2) is 5.78 Å². The first-order chi connectivity index (χ1) is 33.4. The monoisotopic (exact) mass is 1010 g/mol. The SMILES string of the molecule is CC(=O)Cn1cc(COCCOCCOCCOCCOCCCCCOCCOCCOCCOCCOCCOCCN(C[C@H](O)[C@@H](O)[C@H](O)[C@H](O)CO)C[C@H](O)[C@@H](O)[C@H](O)[C@H](O)CO)nn1. The number of aliphatic hydroxyl groups is 10. The number of nitrogens with zero attached hydrogens (tertiary/aromatic N) is 4. The molecule has 1 heterocycles. The summed E-state index contributed by atoms with van der Waals surface area (Å²) in [6.07, 6.45) is -9.72. The first-order valence-corrected chi connectivity index (χ1v) is 23.5. The van der Waals surface area contributed by atoms with Crippen molar-refractivity contribution < 1.29 is 108 Å². The molecule has 0 aliphatic heterocycles. The Morgan fingerprint density at radius 1 is 0.478 bits per heavy atom. The van der Waals surface area contributed by atoms with E-state index < -0.39 is 62.0 Å². The van der Waals surface area contributed by atoms with Gasteiger partial charge in [-0.1, -0.05) is 5.21 Å². The fraction of sp³-hybridized carbons (Fsp3) is 0.930.